The Morgan fingerprint density at radius 2 is 1.79 bits per heavy atom. The highest BCUT2D eigenvalue weighted by atomic mass is 16.5. The lowest BCUT2D eigenvalue weighted by Gasteiger charge is -2.29. The molecule has 7 N–H and O–H groups in total. The Hall–Kier alpha value is -2.20. The van der Waals surface area contributed by atoms with Crippen LogP contribution >= 0.6 is 0 Å². The van der Waals surface area contributed by atoms with Gasteiger partial charge in [-0.2, -0.15) is 0 Å². The molecule has 0 fully saturated rings. The fourth-order valence-corrected chi connectivity index (χ4v) is 1.60. The van der Waals surface area contributed by atoms with E-state index in [1.807, 2.05) is 0 Å². The zero-order chi connectivity index (χ0) is 18.9. The van der Waals surface area contributed by atoms with E-state index < -0.39 is 41.3 Å². The largest absolute Gasteiger partial charge is 0.481 e. The van der Waals surface area contributed by atoms with Crippen LogP contribution in [0.4, 0.5) is 0 Å². The molecule has 10 nitrogen and oxygen atoms in total. The van der Waals surface area contributed by atoms with Crippen molar-refractivity contribution in [2.24, 2.45) is 16.9 Å². The van der Waals surface area contributed by atoms with Gasteiger partial charge in [0.2, 0.25) is 11.8 Å². The van der Waals surface area contributed by atoms with Crippen LogP contribution in [0.1, 0.15) is 33.1 Å². The van der Waals surface area contributed by atoms with Gasteiger partial charge in [-0.15, -0.1) is 0 Å². The number of rotatable bonds is 11. The molecule has 0 saturated heterocycles. The van der Waals surface area contributed by atoms with Crippen LogP contribution in [0.15, 0.2) is 0 Å². The van der Waals surface area contributed by atoms with E-state index in [0.717, 1.165) is 0 Å². The molecule has 0 aromatic heterocycles. The number of nitrogens with two attached hydrogens (primary N) is 2. The summed E-state index contributed by atoms with van der Waals surface area (Å²) in [5.41, 5.74) is 9.38. The number of esters is 1. The third kappa shape index (κ3) is 8.44. The third-order valence-corrected chi connectivity index (χ3v) is 3.22. The molecule has 0 bridgehead atoms. The van der Waals surface area contributed by atoms with E-state index in [9.17, 15) is 24.3 Å². The lowest BCUT2D eigenvalue weighted by molar-refractivity contribution is -0.154. The molecule has 0 radical (unpaired) electrons. The van der Waals surface area contributed by atoms with Gasteiger partial charge in [0.15, 0.2) is 0 Å². The van der Waals surface area contributed by atoms with Gasteiger partial charge in [0.05, 0.1) is 13.0 Å². The van der Waals surface area contributed by atoms with E-state index in [2.05, 4.69) is 5.32 Å². The number of carboxylic acids is 1. The van der Waals surface area contributed by atoms with Gasteiger partial charge < -0.3 is 31.7 Å². The second kappa shape index (κ2) is 9.83. The fourth-order valence-electron chi connectivity index (χ4n) is 1.60. The molecule has 10 heteroatoms. The van der Waals surface area contributed by atoms with Crippen molar-refractivity contribution >= 4 is 23.8 Å². The SMILES string of the molecule is CC(C)(COC(=O)[C@@H](N)CCC(N)=O)C(O)C(=O)NCCC(=O)O. The lowest BCUT2D eigenvalue weighted by Crippen LogP contribution is -2.47. The van der Waals surface area contributed by atoms with Crippen LogP contribution in [0.3, 0.4) is 0 Å². The van der Waals surface area contributed by atoms with Crippen LogP contribution in [0.5, 0.6) is 0 Å². The van der Waals surface area contributed by atoms with Gasteiger partial charge in [0.25, 0.3) is 0 Å². The molecule has 0 aromatic carbocycles. The molecule has 0 heterocycles. The van der Waals surface area contributed by atoms with Crippen LogP contribution in [0, 0.1) is 5.41 Å². The molecule has 0 spiro atoms. The van der Waals surface area contributed by atoms with E-state index in [4.69, 9.17) is 21.3 Å². The fraction of sp³-hybridized carbons (Fsp3) is 0.714. The van der Waals surface area contributed by atoms with E-state index >= 15 is 0 Å². The molecule has 2 atom stereocenters. The highest BCUT2D eigenvalue weighted by Crippen LogP contribution is 2.21. The van der Waals surface area contributed by atoms with Crippen LogP contribution in [-0.2, 0) is 23.9 Å². The normalized spacial score (nSPS) is 13.7. The molecule has 0 aliphatic heterocycles. The van der Waals surface area contributed by atoms with Crippen LogP contribution in [0.25, 0.3) is 0 Å². The van der Waals surface area contributed by atoms with Crippen molar-refractivity contribution < 1.29 is 34.1 Å². The van der Waals surface area contributed by atoms with Gasteiger partial charge in [-0.1, -0.05) is 13.8 Å². The predicted octanol–water partition coefficient (Wildman–Crippen LogP) is -1.90. The summed E-state index contributed by atoms with van der Waals surface area (Å²) in [6, 6.07) is -1.03. The lowest BCUT2D eigenvalue weighted by atomic mass is 9.87. The summed E-state index contributed by atoms with van der Waals surface area (Å²) in [5.74, 6) is -3.21. The van der Waals surface area contributed by atoms with E-state index in [0.29, 0.717) is 0 Å². The zero-order valence-electron chi connectivity index (χ0n) is 13.8. The Balaban J connectivity index is 4.39. The number of amides is 2. The molecular weight excluding hydrogens is 322 g/mol. The highest BCUT2D eigenvalue weighted by molar-refractivity contribution is 5.82. The number of aliphatic hydroxyl groups is 1. The van der Waals surface area contributed by atoms with Gasteiger partial charge in [0.1, 0.15) is 12.1 Å². The standard InChI is InChI=1S/C14H25N3O7/c1-14(2,11(21)12(22)17-6-5-10(19)20)7-24-13(23)8(15)3-4-9(16)18/h8,11,21H,3-7,15H2,1-2H3,(H2,16,18)(H,17,22)(H,19,20)/t8-,11?/m0/s1. The Morgan fingerprint density at radius 3 is 2.29 bits per heavy atom. The van der Waals surface area contributed by atoms with Crippen molar-refractivity contribution in [3.05, 3.63) is 0 Å². The van der Waals surface area contributed by atoms with Gasteiger partial charge in [-0.25, -0.2) is 0 Å². The summed E-state index contributed by atoms with van der Waals surface area (Å²) < 4.78 is 4.96. The quantitative estimate of drug-likeness (QED) is 0.268. The molecular formula is C14H25N3O7. The second-order valence-corrected chi connectivity index (χ2v) is 6.05. The number of nitrogens with one attached hydrogen (secondary N) is 1. The molecule has 138 valence electrons. The summed E-state index contributed by atoms with van der Waals surface area (Å²) in [5, 5.41) is 20.8. The van der Waals surface area contributed by atoms with Crippen molar-refractivity contribution in [1.29, 1.82) is 0 Å². The summed E-state index contributed by atoms with van der Waals surface area (Å²) in [7, 11) is 0. The first-order chi connectivity index (χ1) is 11.0. The Kier molecular flexibility index (Phi) is 8.93. The molecule has 24 heavy (non-hydrogen) atoms. The Morgan fingerprint density at radius 1 is 1.21 bits per heavy atom. The van der Waals surface area contributed by atoms with Crippen molar-refractivity contribution in [2.45, 2.75) is 45.3 Å². The second-order valence-electron chi connectivity index (χ2n) is 6.05. The van der Waals surface area contributed by atoms with Crippen LogP contribution in [0.2, 0.25) is 0 Å². The van der Waals surface area contributed by atoms with Crippen molar-refractivity contribution in [2.75, 3.05) is 13.2 Å². The van der Waals surface area contributed by atoms with E-state index in [-0.39, 0.29) is 32.4 Å². The minimum Gasteiger partial charge on any atom is -0.481 e. The molecule has 0 rings (SSSR count). The maximum Gasteiger partial charge on any atom is 0.322 e. The third-order valence-electron chi connectivity index (χ3n) is 3.22. The molecule has 0 saturated carbocycles. The van der Waals surface area contributed by atoms with Crippen LogP contribution in [-0.4, -0.2) is 59.3 Å². The molecule has 0 aromatic rings. The summed E-state index contributed by atoms with van der Waals surface area (Å²) >= 11 is 0. The minimum absolute atomic E-state index is 0.0345. The average Bonchev–Trinajstić information content (AvgIpc) is 2.48. The number of hydrogen-bond donors (Lipinski definition) is 5. The number of carbonyl (C=O) groups is 4. The topological polar surface area (TPSA) is 182 Å². The molecule has 0 aliphatic carbocycles. The summed E-state index contributed by atoms with van der Waals surface area (Å²) in [6.45, 7) is 2.58. The molecule has 0 aliphatic rings. The van der Waals surface area contributed by atoms with Crippen molar-refractivity contribution in [3.63, 3.8) is 0 Å². The zero-order valence-corrected chi connectivity index (χ0v) is 13.8. The molecule has 1 unspecified atom stereocenters. The van der Waals surface area contributed by atoms with Gasteiger partial charge in [0, 0.05) is 18.4 Å². The summed E-state index contributed by atoms with van der Waals surface area (Å²) in [4.78, 5) is 44.5. The van der Waals surface area contributed by atoms with Gasteiger partial charge in [-0.3, -0.25) is 19.2 Å². The number of primary amides is 1. The number of carboxylic acid groups (broad SMARTS) is 1. The first-order valence-electron chi connectivity index (χ1n) is 7.35. The first kappa shape index (κ1) is 21.8. The van der Waals surface area contributed by atoms with Gasteiger partial charge >= 0.3 is 11.9 Å². The minimum atomic E-state index is -1.51. The average molecular weight is 347 g/mol. The number of carbonyl (C=O) groups excluding carboxylic acids is 3. The Labute approximate surface area is 139 Å². The highest BCUT2D eigenvalue weighted by Gasteiger charge is 2.35. The molecule has 2 amide bonds. The predicted molar refractivity (Wildman–Crippen MR) is 82.4 cm³/mol. The van der Waals surface area contributed by atoms with E-state index in [1.54, 1.807) is 0 Å². The van der Waals surface area contributed by atoms with Crippen LogP contribution < -0.4 is 16.8 Å². The maximum atomic E-state index is 11.8. The maximum absolute atomic E-state index is 11.8. The number of ether oxygens (including phenoxy) is 1. The van der Waals surface area contributed by atoms with Crippen molar-refractivity contribution in [3.8, 4) is 0 Å². The monoisotopic (exact) mass is 347 g/mol. The summed E-state index contributed by atoms with van der Waals surface area (Å²) in [6.07, 6.45) is -1.81. The number of aliphatic hydroxyl groups excluding tert-OH is 1. The Bertz CT molecular complexity index is 479. The van der Waals surface area contributed by atoms with Crippen molar-refractivity contribution in [1.82, 2.24) is 5.32 Å². The van der Waals surface area contributed by atoms with E-state index in [1.165, 1.54) is 13.8 Å². The first-order valence-corrected chi connectivity index (χ1v) is 7.35. The smallest absolute Gasteiger partial charge is 0.322 e. The van der Waals surface area contributed by atoms with Gasteiger partial charge in [-0.05, 0) is 6.42 Å². The number of hydrogen-bond acceptors (Lipinski definition) is 7. The number of aliphatic carboxylic acids is 1.